The lowest BCUT2D eigenvalue weighted by Crippen LogP contribution is -2.56. The van der Waals surface area contributed by atoms with Crippen molar-refractivity contribution in [3.8, 4) is 22.1 Å². The van der Waals surface area contributed by atoms with E-state index in [-0.39, 0.29) is 5.91 Å². The van der Waals surface area contributed by atoms with Crippen LogP contribution in [0.2, 0.25) is 0 Å². The van der Waals surface area contributed by atoms with Crippen LogP contribution in [0.3, 0.4) is 0 Å². The number of amides is 1. The highest BCUT2D eigenvalue weighted by atomic mass is 32.1. The van der Waals surface area contributed by atoms with Gasteiger partial charge in [-0.15, -0.1) is 11.3 Å². The molecule has 2 aliphatic rings. The van der Waals surface area contributed by atoms with Gasteiger partial charge in [-0.1, -0.05) is 6.92 Å². The maximum absolute atomic E-state index is 12.7. The Morgan fingerprint density at radius 1 is 1.35 bits per heavy atom. The topological polar surface area (TPSA) is 99.7 Å². The lowest BCUT2D eigenvalue weighted by Gasteiger charge is -2.41. The molecule has 3 aromatic heterocycles. The second kappa shape index (κ2) is 5.60. The minimum atomic E-state index is -0.493. The number of fused-ring (bicyclic) bond motifs is 3. The van der Waals surface area contributed by atoms with Crippen molar-refractivity contribution in [1.82, 2.24) is 25.1 Å². The van der Waals surface area contributed by atoms with Gasteiger partial charge in [0.15, 0.2) is 11.6 Å². The number of hydrogen-bond donors (Lipinski definition) is 2. The fourth-order valence-corrected chi connectivity index (χ4v) is 4.60. The maximum atomic E-state index is 12.7. The summed E-state index contributed by atoms with van der Waals surface area (Å²) < 4.78 is 0. The molecule has 0 spiro atoms. The monoisotopic (exact) mass is 367 g/mol. The molecule has 0 aliphatic carbocycles. The first kappa shape index (κ1) is 15.4. The largest absolute Gasteiger partial charge is 0.340 e. The number of aromatic amines is 1. The zero-order chi connectivity index (χ0) is 17.7. The Bertz CT molecular complexity index is 983. The molecule has 9 heteroatoms. The van der Waals surface area contributed by atoms with Gasteiger partial charge in [0.05, 0.1) is 18.0 Å². The van der Waals surface area contributed by atoms with Gasteiger partial charge in [0.25, 0.3) is 0 Å². The Kier molecular flexibility index (Phi) is 3.33. The van der Waals surface area contributed by atoms with Gasteiger partial charge in [0.1, 0.15) is 21.9 Å². The Balaban J connectivity index is 1.63. The van der Waals surface area contributed by atoms with E-state index < -0.39 is 5.54 Å². The molecule has 1 saturated heterocycles. The van der Waals surface area contributed by atoms with E-state index in [0.29, 0.717) is 11.5 Å². The lowest BCUT2D eigenvalue weighted by atomic mass is 9.90. The quantitative estimate of drug-likeness (QED) is 0.738. The first-order valence-corrected chi connectivity index (χ1v) is 9.50. The highest BCUT2D eigenvalue weighted by Gasteiger charge is 2.50. The molecular formula is C17H17N7OS. The van der Waals surface area contributed by atoms with Gasteiger partial charge < -0.3 is 10.2 Å². The summed E-state index contributed by atoms with van der Waals surface area (Å²) in [5, 5.41) is 12.9. The van der Waals surface area contributed by atoms with Crippen LogP contribution < -0.4 is 10.2 Å². The van der Waals surface area contributed by atoms with Crippen molar-refractivity contribution in [2.45, 2.75) is 31.7 Å². The first-order valence-electron chi connectivity index (χ1n) is 8.62. The molecule has 132 valence electrons. The van der Waals surface area contributed by atoms with Crippen LogP contribution in [0.1, 0.15) is 26.2 Å². The smallest absolute Gasteiger partial charge is 0.250 e. The fourth-order valence-electron chi connectivity index (χ4n) is 3.95. The van der Waals surface area contributed by atoms with E-state index in [2.05, 4.69) is 37.3 Å². The number of carbonyl (C=O) groups excluding carboxylic acids is 1. The average molecular weight is 367 g/mol. The number of hydrogen-bond acceptors (Lipinski definition) is 7. The second-order valence-electron chi connectivity index (χ2n) is 6.52. The van der Waals surface area contributed by atoms with Crippen molar-refractivity contribution in [2.24, 2.45) is 0 Å². The molecule has 26 heavy (non-hydrogen) atoms. The number of carbonyl (C=O) groups is 1. The first-order chi connectivity index (χ1) is 12.7. The van der Waals surface area contributed by atoms with E-state index in [1.165, 1.54) is 11.3 Å². The molecule has 0 aromatic carbocycles. The zero-order valence-electron chi connectivity index (χ0n) is 14.2. The number of nitrogens with one attached hydrogen (secondary N) is 2. The third kappa shape index (κ3) is 2.03. The standard InChI is InChI=1S/C17H17N7OS/c1-2-17-4-3-6-24(17)14-11(21-16(17)25)9-19-13(22-14)10-8-20-23-12(10)15-18-5-7-26-15/h5,7-9H,2-4,6H2,1H3,(H,20,23)(H,21,25). The van der Waals surface area contributed by atoms with E-state index in [0.717, 1.165) is 47.9 Å². The SMILES string of the molecule is CCC12CCCN1c1nc(-c3cn[nH]c3-c3nccs3)ncc1NC2=O. The molecular weight excluding hydrogens is 350 g/mol. The number of nitrogens with zero attached hydrogens (tertiary/aromatic N) is 5. The Labute approximate surface area is 153 Å². The summed E-state index contributed by atoms with van der Waals surface area (Å²) in [5.74, 6) is 1.42. The number of aromatic nitrogens is 5. The lowest BCUT2D eigenvalue weighted by molar-refractivity contribution is -0.121. The van der Waals surface area contributed by atoms with Crippen LogP contribution in [0.5, 0.6) is 0 Å². The summed E-state index contributed by atoms with van der Waals surface area (Å²) >= 11 is 1.53. The Morgan fingerprint density at radius 3 is 3.08 bits per heavy atom. The number of anilines is 2. The third-order valence-corrected chi connectivity index (χ3v) is 6.09. The fraction of sp³-hybridized carbons (Fsp3) is 0.353. The van der Waals surface area contributed by atoms with Crippen LogP contribution in [-0.2, 0) is 4.79 Å². The van der Waals surface area contributed by atoms with Crippen LogP contribution >= 0.6 is 11.3 Å². The van der Waals surface area contributed by atoms with Crippen molar-refractivity contribution in [3.63, 3.8) is 0 Å². The van der Waals surface area contributed by atoms with E-state index in [1.807, 2.05) is 5.38 Å². The van der Waals surface area contributed by atoms with Gasteiger partial charge in [-0.25, -0.2) is 15.0 Å². The maximum Gasteiger partial charge on any atom is 0.250 e. The predicted molar refractivity (Wildman–Crippen MR) is 99.0 cm³/mol. The van der Waals surface area contributed by atoms with Crippen molar-refractivity contribution in [3.05, 3.63) is 24.0 Å². The summed E-state index contributed by atoms with van der Waals surface area (Å²) in [6, 6.07) is 0. The molecule has 3 aromatic rings. The van der Waals surface area contributed by atoms with Crippen molar-refractivity contribution in [2.75, 3.05) is 16.8 Å². The van der Waals surface area contributed by atoms with Gasteiger partial charge in [0.2, 0.25) is 5.91 Å². The summed E-state index contributed by atoms with van der Waals surface area (Å²) in [5.41, 5.74) is 1.79. The van der Waals surface area contributed by atoms with E-state index in [1.54, 1.807) is 18.6 Å². The van der Waals surface area contributed by atoms with Crippen LogP contribution in [0.25, 0.3) is 22.1 Å². The summed E-state index contributed by atoms with van der Waals surface area (Å²) in [4.78, 5) is 28.5. The molecule has 2 N–H and O–H groups in total. The van der Waals surface area contributed by atoms with Gasteiger partial charge in [0, 0.05) is 18.1 Å². The molecule has 0 saturated carbocycles. The summed E-state index contributed by atoms with van der Waals surface area (Å²) in [7, 11) is 0. The molecule has 0 radical (unpaired) electrons. The normalized spacial score (nSPS) is 21.4. The summed E-state index contributed by atoms with van der Waals surface area (Å²) in [6.45, 7) is 2.89. The molecule has 8 nitrogen and oxygen atoms in total. The zero-order valence-corrected chi connectivity index (χ0v) is 15.0. The van der Waals surface area contributed by atoms with Crippen LogP contribution in [-0.4, -0.2) is 43.1 Å². The minimum Gasteiger partial charge on any atom is -0.340 e. The molecule has 2 aliphatic heterocycles. The number of rotatable bonds is 3. The minimum absolute atomic E-state index is 0.0492. The van der Waals surface area contributed by atoms with Crippen LogP contribution in [0, 0.1) is 0 Å². The van der Waals surface area contributed by atoms with Crippen LogP contribution in [0.15, 0.2) is 24.0 Å². The molecule has 0 bridgehead atoms. The van der Waals surface area contributed by atoms with Crippen molar-refractivity contribution in [1.29, 1.82) is 0 Å². The molecule has 1 unspecified atom stereocenters. The van der Waals surface area contributed by atoms with Crippen LogP contribution in [0.4, 0.5) is 11.5 Å². The molecule has 1 atom stereocenters. The molecule has 1 fully saturated rings. The van der Waals surface area contributed by atoms with E-state index in [9.17, 15) is 4.79 Å². The van der Waals surface area contributed by atoms with E-state index in [4.69, 9.17) is 4.98 Å². The molecule has 5 heterocycles. The summed E-state index contributed by atoms with van der Waals surface area (Å²) in [6.07, 6.45) is 7.75. The van der Waals surface area contributed by atoms with Gasteiger partial charge in [-0.3, -0.25) is 9.89 Å². The second-order valence-corrected chi connectivity index (χ2v) is 7.42. The van der Waals surface area contributed by atoms with E-state index >= 15 is 0 Å². The van der Waals surface area contributed by atoms with Gasteiger partial charge >= 0.3 is 0 Å². The van der Waals surface area contributed by atoms with Gasteiger partial charge in [-0.05, 0) is 19.3 Å². The molecule has 1 amide bonds. The highest BCUT2D eigenvalue weighted by Crippen LogP contribution is 2.44. The predicted octanol–water partition coefficient (Wildman–Crippen LogP) is 2.69. The third-order valence-electron chi connectivity index (χ3n) is 5.30. The Hall–Kier alpha value is -2.81. The highest BCUT2D eigenvalue weighted by molar-refractivity contribution is 7.13. The Morgan fingerprint density at radius 2 is 2.27 bits per heavy atom. The average Bonchev–Trinajstić information content (AvgIpc) is 3.40. The van der Waals surface area contributed by atoms with Crippen molar-refractivity contribution < 1.29 is 4.79 Å². The molecule has 5 rings (SSSR count). The number of H-pyrrole nitrogens is 1. The van der Waals surface area contributed by atoms with Crippen molar-refractivity contribution >= 4 is 28.7 Å². The van der Waals surface area contributed by atoms with Gasteiger partial charge in [-0.2, -0.15) is 5.10 Å². The number of thiazole rings is 1.